The molecule has 0 aliphatic carbocycles. The maximum absolute atomic E-state index is 13.4. The van der Waals surface area contributed by atoms with Crippen molar-refractivity contribution in [2.75, 3.05) is 20.1 Å². The zero-order valence-electron chi connectivity index (χ0n) is 18.4. The first kappa shape index (κ1) is 21.7. The van der Waals surface area contributed by atoms with Crippen LogP contribution in [0.25, 0.3) is 11.3 Å². The molecule has 2 aliphatic rings. The third-order valence-electron chi connectivity index (χ3n) is 6.70. The number of piperidine rings is 1. The molecule has 4 heterocycles. The number of imide groups is 1. The van der Waals surface area contributed by atoms with Crippen molar-refractivity contribution in [2.45, 2.75) is 31.5 Å². The number of halogens is 1. The summed E-state index contributed by atoms with van der Waals surface area (Å²) in [6.07, 6.45) is 4.56. The number of nitrogens with zero attached hydrogens (tertiary/aromatic N) is 4. The van der Waals surface area contributed by atoms with Crippen LogP contribution in [0, 0.1) is 0 Å². The van der Waals surface area contributed by atoms with Crippen LogP contribution in [0.2, 0.25) is 5.02 Å². The summed E-state index contributed by atoms with van der Waals surface area (Å²) in [4.78, 5) is 35.6. The molecule has 33 heavy (non-hydrogen) atoms. The van der Waals surface area contributed by atoms with Crippen LogP contribution in [0.1, 0.15) is 24.2 Å². The molecule has 170 valence electrons. The molecule has 1 spiro atoms. The summed E-state index contributed by atoms with van der Waals surface area (Å²) in [5.41, 5.74) is 1.01. The third kappa shape index (κ3) is 4.03. The molecule has 2 aromatic heterocycles. The van der Waals surface area contributed by atoms with Crippen LogP contribution in [0.3, 0.4) is 0 Å². The van der Waals surface area contributed by atoms with Crippen molar-refractivity contribution in [1.82, 2.24) is 19.7 Å². The molecule has 0 radical (unpaired) electrons. The van der Waals surface area contributed by atoms with Gasteiger partial charge in [-0.3, -0.25) is 19.6 Å². The Morgan fingerprint density at radius 1 is 1.06 bits per heavy atom. The van der Waals surface area contributed by atoms with Crippen LogP contribution in [0.5, 0.6) is 0 Å². The number of rotatable bonds is 5. The van der Waals surface area contributed by atoms with Gasteiger partial charge in [-0.25, -0.2) is 4.79 Å². The highest BCUT2D eigenvalue weighted by atomic mass is 35.5. The van der Waals surface area contributed by atoms with E-state index in [-0.39, 0.29) is 18.5 Å². The quantitative estimate of drug-likeness (QED) is 0.522. The fraction of sp³-hybridized carbons (Fsp3) is 0.320. The van der Waals surface area contributed by atoms with Gasteiger partial charge in [0.25, 0.3) is 5.91 Å². The van der Waals surface area contributed by atoms with E-state index < -0.39 is 5.54 Å². The van der Waals surface area contributed by atoms with Crippen molar-refractivity contribution in [3.8, 4) is 11.3 Å². The first-order chi connectivity index (χ1) is 16.0. The summed E-state index contributed by atoms with van der Waals surface area (Å²) in [7, 11) is 1.74. The predicted octanol–water partition coefficient (Wildman–Crippen LogP) is 4.42. The van der Waals surface area contributed by atoms with Crippen molar-refractivity contribution >= 4 is 23.5 Å². The molecule has 0 unspecified atom stereocenters. The average Bonchev–Trinajstić information content (AvgIpc) is 3.36. The number of likely N-dealkylation sites (N-methyl/N-ethyl adjacent to an activating group) is 1. The van der Waals surface area contributed by atoms with E-state index in [1.54, 1.807) is 24.3 Å². The van der Waals surface area contributed by atoms with Gasteiger partial charge in [-0.05, 0) is 48.7 Å². The Morgan fingerprint density at radius 2 is 1.88 bits per heavy atom. The number of furan rings is 1. The smallest absolute Gasteiger partial charge is 0.327 e. The summed E-state index contributed by atoms with van der Waals surface area (Å²) in [6, 6.07) is 15.0. The lowest BCUT2D eigenvalue weighted by Crippen LogP contribution is -2.55. The number of pyridine rings is 1. The molecule has 2 fully saturated rings. The van der Waals surface area contributed by atoms with E-state index in [9.17, 15) is 9.59 Å². The third-order valence-corrected chi connectivity index (χ3v) is 6.94. The lowest BCUT2D eigenvalue weighted by molar-refractivity contribution is -0.135. The molecule has 0 saturated carbocycles. The molecule has 8 heteroatoms. The van der Waals surface area contributed by atoms with Crippen LogP contribution >= 0.6 is 11.6 Å². The lowest BCUT2D eigenvalue weighted by atomic mass is 9.86. The Balaban J connectivity index is 1.24. The summed E-state index contributed by atoms with van der Waals surface area (Å²) >= 11 is 6.09. The van der Waals surface area contributed by atoms with Gasteiger partial charge >= 0.3 is 6.03 Å². The van der Waals surface area contributed by atoms with E-state index in [1.807, 2.05) is 48.5 Å². The van der Waals surface area contributed by atoms with Crippen LogP contribution < -0.4 is 0 Å². The fourth-order valence-corrected chi connectivity index (χ4v) is 4.96. The van der Waals surface area contributed by atoms with E-state index in [1.165, 1.54) is 4.90 Å². The van der Waals surface area contributed by atoms with E-state index in [0.29, 0.717) is 37.5 Å². The first-order valence-corrected chi connectivity index (χ1v) is 11.4. The second-order valence-electron chi connectivity index (χ2n) is 8.68. The highest BCUT2D eigenvalue weighted by molar-refractivity contribution is 6.30. The predicted molar refractivity (Wildman–Crippen MR) is 124 cm³/mol. The van der Waals surface area contributed by atoms with Crippen molar-refractivity contribution in [3.05, 3.63) is 77.3 Å². The molecule has 5 rings (SSSR count). The maximum atomic E-state index is 13.4. The van der Waals surface area contributed by atoms with Gasteiger partial charge in [-0.1, -0.05) is 29.8 Å². The number of hydrogen-bond acceptors (Lipinski definition) is 5. The highest BCUT2D eigenvalue weighted by Gasteiger charge is 2.56. The summed E-state index contributed by atoms with van der Waals surface area (Å²) < 4.78 is 6.04. The molecular weight excluding hydrogens is 440 g/mol. The standard InChI is InChI=1S/C25H25ClN4O3/c1-28-24(32)30(16-18-4-3-11-27-15-18)23(31)25(28)9-12-29(13-10-25)17-21-7-8-22(33-21)19-5-2-6-20(26)14-19/h2-8,11,14-15H,9-10,12-13,16-17H2,1H3. The van der Waals surface area contributed by atoms with E-state index >= 15 is 0 Å². The molecule has 0 bridgehead atoms. The van der Waals surface area contributed by atoms with E-state index in [4.69, 9.17) is 16.0 Å². The van der Waals surface area contributed by atoms with Gasteiger partial charge < -0.3 is 9.32 Å². The summed E-state index contributed by atoms with van der Waals surface area (Å²) in [5.74, 6) is 1.53. The molecule has 3 amide bonds. The summed E-state index contributed by atoms with van der Waals surface area (Å²) in [6.45, 7) is 2.32. The summed E-state index contributed by atoms with van der Waals surface area (Å²) in [5, 5.41) is 0.671. The van der Waals surface area contributed by atoms with Crippen LogP contribution in [0.4, 0.5) is 4.79 Å². The Hall–Kier alpha value is -3.16. The molecule has 1 aromatic carbocycles. The molecule has 2 saturated heterocycles. The Labute approximate surface area is 197 Å². The van der Waals surface area contributed by atoms with Crippen LogP contribution in [0.15, 0.2) is 65.3 Å². The SMILES string of the molecule is CN1C(=O)N(Cc2cccnc2)C(=O)C12CCN(Cc1ccc(-c3cccc(Cl)c3)o1)CC2. The second-order valence-corrected chi connectivity index (χ2v) is 9.11. The minimum Gasteiger partial charge on any atom is -0.460 e. The maximum Gasteiger partial charge on any atom is 0.327 e. The number of carbonyl (C=O) groups is 2. The largest absolute Gasteiger partial charge is 0.460 e. The minimum absolute atomic E-state index is 0.111. The van der Waals surface area contributed by atoms with Gasteiger partial charge in [-0.2, -0.15) is 0 Å². The van der Waals surface area contributed by atoms with Gasteiger partial charge in [0.15, 0.2) is 0 Å². The number of carbonyl (C=O) groups excluding carboxylic acids is 2. The number of likely N-dealkylation sites (tertiary alicyclic amines) is 1. The average molecular weight is 465 g/mol. The number of amides is 3. The molecule has 3 aromatic rings. The normalized spacial score (nSPS) is 18.5. The molecule has 0 N–H and O–H groups in total. The lowest BCUT2D eigenvalue weighted by Gasteiger charge is -2.40. The molecular formula is C25H25ClN4O3. The minimum atomic E-state index is -0.773. The van der Waals surface area contributed by atoms with Gasteiger partial charge in [0.1, 0.15) is 17.1 Å². The first-order valence-electron chi connectivity index (χ1n) is 11.0. The van der Waals surface area contributed by atoms with Crippen LogP contribution in [-0.4, -0.2) is 57.3 Å². The highest BCUT2D eigenvalue weighted by Crippen LogP contribution is 2.37. The molecule has 2 aliphatic heterocycles. The zero-order chi connectivity index (χ0) is 23.0. The number of benzene rings is 1. The zero-order valence-corrected chi connectivity index (χ0v) is 19.2. The molecule has 0 atom stereocenters. The van der Waals surface area contributed by atoms with Crippen molar-refractivity contribution < 1.29 is 14.0 Å². The molecule has 7 nitrogen and oxygen atoms in total. The van der Waals surface area contributed by atoms with Crippen molar-refractivity contribution in [1.29, 1.82) is 0 Å². The van der Waals surface area contributed by atoms with Gasteiger partial charge in [-0.15, -0.1) is 0 Å². The van der Waals surface area contributed by atoms with E-state index in [0.717, 1.165) is 22.6 Å². The van der Waals surface area contributed by atoms with Crippen LogP contribution in [-0.2, 0) is 17.9 Å². The second kappa shape index (κ2) is 8.65. The van der Waals surface area contributed by atoms with Crippen molar-refractivity contribution in [2.24, 2.45) is 0 Å². The number of aromatic nitrogens is 1. The monoisotopic (exact) mass is 464 g/mol. The van der Waals surface area contributed by atoms with Gasteiger partial charge in [0, 0.05) is 43.1 Å². The van der Waals surface area contributed by atoms with Gasteiger partial charge in [0.2, 0.25) is 0 Å². The topological polar surface area (TPSA) is 69.9 Å². The fourth-order valence-electron chi connectivity index (χ4n) is 4.77. The number of urea groups is 1. The van der Waals surface area contributed by atoms with Gasteiger partial charge in [0.05, 0.1) is 13.1 Å². The Bertz CT molecular complexity index is 1170. The Kier molecular flexibility index (Phi) is 5.68. The Morgan fingerprint density at radius 3 is 2.61 bits per heavy atom. The van der Waals surface area contributed by atoms with Crippen molar-refractivity contribution in [3.63, 3.8) is 0 Å². The van der Waals surface area contributed by atoms with E-state index in [2.05, 4.69) is 9.88 Å². The number of hydrogen-bond donors (Lipinski definition) is 0.